The van der Waals surface area contributed by atoms with Crippen LogP contribution in [0.4, 0.5) is 13.2 Å². The molecule has 3 nitrogen and oxygen atoms in total. The van der Waals surface area contributed by atoms with Gasteiger partial charge in [-0.2, -0.15) is 13.2 Å². The molecule has 120 valence electrons. The number of hydrogen-bond acceptors (Lipinski definition) is 3. The first-order valence-electron chi connectivity index (χ1n) is 7.04. The molecule has 1 aromatic rings. The lowest BCUT2D eigenvalue weighted by atomic mass is 10.1. The normalized spacial score (nSPS) is 11.7. The zero-order chi connectivity index (χ0) is 15.7. The number of benzene rings is 1. The Morgan fingerprint density at radius 3 is 2.52 bits per heavy atom. The van der Waals surface area contributed by atoms with Gasteiger partial charge < -0.3 is 14.8 Å². The average molecular weight is 305 g/mol. The van der Waals surface area contributed by atoms with Gasteiger partial charge in [-0.15, -0.1) is 0 Å². The Morgan fingerprint density at radius 1 is 1.14 bits per heavy atom. The van der Waals surface area contributed by atoms with Gasteiger partial charge in [0.15, 0.2) is 0 Å². The lowest BCUT2D eigenvalue weighted by Gasteiger charge is -2.15. The van der Waals surface area contributed by atoms with E-state index in [-0.39, 0.29) is 19.0 Å². The molecule has 0 aliphatic heterocycles. The van der Waals surface area contributed by atoms with Gasteiger partial charge in [-0.25, -0.2) is 0 Å². The Balaban J connectivity index is 2.63. The van der Waals surface area contributed by atoms with Crippen LogP contribution in [0.2, 0.25) is 0 Å². The van der Waals surface area contributed by atoms with E-state index in [9.17, 15) is 13.2 Å². The van der Waals surface area contributed by atoms with Gasteiger partial charge in [0.2, 0.25) is 0 Å². The highest BCUT2D eigenvalue weighted by Gasteiger charge is 2.34. The summed E-state index contributed by atoms with van der Waals surface area (Å²) in [6.07, 6.45) is -2.47. The number of rotatable bonds is 9. The molecule has 1 N–H and O–H groups in total. The van der Waals surface area contributed by atoms with Crippen LogP contribution in [0.15, 0.2) is 18.2 Å². The summed E-state index contributed by atoms with van der Waals surface area (Å²) in [5, 5.41) is 2.83. The van der Waals surface area contributed by atoms with Crippen LogP contribution in [0.25, 0.3) is 0 Å². The maximum atomic E-state index is 13.0. The second-order valence-electron chi connectivity index (χ2n) is 4.67. The molecule has 0 atom stereocenters. The first-order valence-corrected chi connectivity index (χ1v) is 7.04. The maximum absolute atomic E-state index is 13.0. The van der Waals surface area contributed by atoms with Crippen LogP contribution in [0.3, 0.4) is 0 Å². The molecule has 1 aromatic carbocycles. The van der Waals surface area contributed by atoms with Gasteiger partial charge in [0.1, 0.15) is 12.4 Å². The minimum Gasteiger partial charge on any atom is -0.491 e. The van der Waals surface area contributed by atoms with Crippen LogP contribution in [-0.4, -0.2) is 26.9 Å². The highest BCUT2D eigenvalue weighted by molar-refractivity contribution is 5.39. The molecule has 1 rings (SSSR count). The Morgan fingerprint density at radius 2 is 1.90 bits per heavy atom. The van der Waals surface area contributed by atoms with Crippen molar-refractivity contribution in [3.05, 3.63) is 29.3 Å². The van der Waals surface area contributed by atoms with E-state index in [4.69, 9.17) is 9.47 Å². The van der Waals surface area contributed by atoms with Crippen molar-refractivity contribution in [2.75, 3.05) is 26.9 Å². The summed E-state index contributed by atoms with van der Waals surface area (Å²) in [6, 6.07) is 4.10. The fourth-order valence-electron chi connectivity index (χ4n) is 1.80. The first-order chi connectivity index (χ1) is 9.99. The Hall–Kier alpha value is -1.27. The molecule has 21 heavy (non-hydrogen) atoms. The largest absolute Gasteiger partial charge is 0.491 e. The summed E-state index contributed by atoms with van der Waals surface area (Å²) >= 11 is 0. The first kappa shape index (κ1) is 17.8. The quantitative estimate of drug-likeness (QED) is 0.707. The number of alkyl halides is 3. The molecular formula is C15H22F3NO2. The van der Waals surface area contributed by atoms with Crippen molar-refractivity contribution >= 4 is 0 Å². The Bertz CT molecular complexity index is 422. The summed E-state index contributed by atoms with van der Waals surface area (Å²) in [4.78, 5) is 0. The molecule has 0 aromatic heterocycles. The average Bonchev–Trinajstić information content (AvgIpc) is 2.43. The molecule has 0 aliphatic carbocycles. The maximum Gasteiger partial charge on any atom is 0.419 e. The lowest BCUT2D eigenvalue weighted by Crippen LogP contribution is -2.14. The molecule has 6 heteroatoms. The number of halogens is 3. The van der Waals surface area contributed by atoms with Gasteiger partial charge in [0.05, 0.1) is 12.2 Å². The van der Waals surface area contributed by atoms with Crippen LogP contribution >= 0.6 is 0 Å². The van der Waals surface area contributed by atoms with Crippen molar-refractivity contribution in [1.82, 2.24) is 5.32 Å². The fourth-order valence-corrected chi connectivity index (χ4v) is 1.80. The van der Waals surface area contributed by atoms with Gasteiger partial charge >= 0.3 is 6.18 Å². The second kappa shape index (κ2) is 8.89. The molecule has 0 heterocycles. The van der Waals surface area contributed by atoms with Gasteiger partial charge in [0.25, 0.3) is 0 Å². The van der Waals surface area contributed by atoms with Gasteiger partial charge in [0, 0.05) is 13.2 Å². The minimum atomic E-state index is -4.43. The highest BCUT2D eigenvalue weighted by Crippen LogP contribution is 2.36. The van der Waals surface area contributed by atoms with Crippen molar-refractivity contribution in [2.24, 2.45) is 0 Å². The zero-order valence-corrected chi connectivity index (χ0v) is 12.4. The molecule has 0 fully saturated rings. The molecule has 0 spiro atoms. The van der Waals surface area contributed by atoms with Crippen molar-refractivity contribution in [2.45, 2.75) is 32.5 Å². The predicted molar refractivity (Wildman–Crippen MR) is 75.4 cm³/mol. The Kier molecular flexibility index (Phi) is 7.53. The van der Waals surface area contributed by atoms with Crippen molar-refractivity contribution in [1.29, 1.82) is 0 Å². The van der Waals surface area contributed by atoms with Crippen molar-refractivity contribution < 1.29 is 22.6 Å². The number of unbranched alkanes of at least 4 members (excludes halogenated alkanes) is 1. The van der Waals surface area contributed by atoms with Crippen molar-refractivity contribution in [3.8, 4) is 5.75 Å². The van der Waals surface area contributed by atoms with E-state index >= 15 is 0 Å². The molecular weight excluding hydrogens is 283 g/mol. The van der Waals surface area contributed by atoms with Gasteiger partial charge in [-0.3, -0.25) is 0 Å². The van der Waals surface area contributed by atoms with Crippen LogP contribution in [-0.2, 0) is 17.5 Å². The molecule has 0 aliphatic rings. The van der Waals surface area contributed by atoms with E-state index in [1.54, 1.807) is 13.1 Å². The standard InChI is InChI=1S/C15H22F3NO2/c1-3-4-7-20-8-9-21-14-6-5-12(11-19-2)10-13(14)15(16,17)18/h5-6,10,19H,3-4,7-9,11H2,1-2H3. The third-order valence-corrected chi connectivity index (χ3v) is 2.86. The lowest BCUT2D eigenvalue weighted by molar-refractivity contribution is -0.139. The molecule has 0 saturated heterocycles. The van der Waals surface area contributed by atoms with E-state index in [2.05, 4.69) is 5.32 Å². The number of ether oxygens (including phenoxy) is 2. The topological polar surface area (TPSA) is 30.5 Å². The van der Waals surface area contributed by atoms with Gasteiger partial charge in [-0.1, -0.05) is 19.4 Å². The summed E-state index contributed by atoms with van der Waals surface area (Å²) in [6.45, 7) is 3.42. The zero-order valence-electron chi connectivity index (χ0n) is 12.4. The summed E-state index contributed by atoms with van der Waals surface area (Å²) in [7, 11) is 1.69. The third-order valence-electron chi connectivity index (χ3n) is 2.86. The van der Waals surface area contributed by atoms with Crippen molar-refractivity contribution in [3.63, 3.8) is 0 Å². The molecule has 0 saturated carbocycles. The number of hydrogen-bond donors (Lipinski definition) is 1. The SMILES string of the molecule is CCCCOCCOc1ccc(CNC)cc1C(F)(F)F. The summed E-state index contributed by atoms with van der Waals surface area (Å²) < 4.78 is 49.5. The van der Waals surface area contributed by atoms with E-state index in [1.165, 1.54) is 6.07 Å². The monoisotopic (exact) mass is 305 g/mol. The van der Waals surface area contributed by atoms with E-state index < -0.39 is 11.7 Å². The molecule has 0 radical (unpaired) electrons. The van der Waals surface area contributed by atoms with E-state index in [0.29, 0.717) is 18.7 Å². The summed E-state index contributed by atoms with van der Waals surface area (Å²) in [5.74, 6) is -0.151. The predicted octanol–water partition coefficient (Wildman–Crippen LogP) is 3.62. The fraction of sp³-hybridized carbons (Fsp3) is 0.600. The van der Waals surface area contributed by atoms with Crippen LogP contribution in [0.5, 0.6) is 5.75 Å². The minimum absolute atomic E-state index is 0.109. The summed E-state index contributed by atoms with van der Waals surface area (Å²) in [5.41, 5.74) is -0.180. The number of nitrogens with one attached hydrogen (secondary N) is 1. The molecule has 0 amide bonds. The molecule has 0 unspecified atom stereocenters. The van der Waals surface area contributed by atoms with Crippen LogP contribution in [0, 0.1) is 0 Å². The van der Waals surface area contributed by atoms with Crippen LogP contribution in [0.1, 0.15) is 30.9 Å². The third kappa shape index (κ3) is 6.35. The smallest absolute Gasteiger partial charge is 0.419 e. The van der Waals surface area contributed by atoms with E-state index in [0.717, 1.165) is 18.9 Å². The van der Waals surface area contributed by atoms with E-state index in [1.807, 2.05) is 6.92 Å². The second-order valence-corrected chi connectivity index (χ2v) is 4.67. The van der Waals surface area contributed by atoms with Gasteiger partial charge in [-0.05, 0) is 31.2 Å². The molecule has 0 bridgehead atoms. The van der Waals surface area contributed by atoms with Crippen LogP contribution < -0.4 is 10.1 Å². The Labute approximate surface area is 123 Å². The highest BCUT2D eigenvalue weighted by atomic mass is 19.4.